The van der Waals surface area contributed by atoms with Gasteiger partial charge in [-0.15, -0.1) is 0 Å². The van der Waals surface area contributed by atoms with Gasteiger partial charge >= 0.3 is 0 Å². The van der Waals surface area contributed by atoms with Gasteiger partial charge in [0.25, 0.3) is 5.91 Å². The molecule has 1 heterocycles. The molecule has 88 valence electrons. The van der Waals surface area contributed by atoms with Gasteiger partial charge in [0.05, 0.1) is 12.8 Å². The largest absolute Gasteiger partial charge is 0.480 e. The highest BCUT2D eigenvalue weighted by atomic mass is 79.9. The molecule has 1 aliphatic rings. The van der Waals surface area contributed by atoms with E-state index < -0.39 is 5.91 Å². The number of halogens is 1. The van der Waals surface area contributed by atoms with Crippen LogP contribution in [-0.4, -0.2) is 23.8 Å². The van der Waals surface area contributed by atoms with Crippen LogP contribution in [0, 0.1) is 0 Å². The highest BCUT2D eigenvalue weighted by Gasteiger charge is 2.22. The molecule has 0 bridgehead atoms. The molecule has 0 aliphatic heterocycles. The molecule has 5 nitrogen and oxygen atoms in total. The minimum atomic E-state index is -0.407. The summed E-state index contributed by atoms with van der Waals surface area (Å²) in [6.45, 7) is 0. The Morgan fingerprint density at radius 2 is 2.35 bits per heavy atom. The van der Waals surface area contributed by atoms with Gasteiger partial charge in [-0.2, -0.15) is 0 Å². The number of hydrogen-bond acceptors (Lipinski definition) is 4. The van der Waals surface area contributed by atoms with Crippen LogP contribution in [-0.2, 0) is 4.79 Å². The predicted molar refractivity (Wildman–Crippen MR) is 63.7 cm³/mol. The normalized spacial score (nSPS) is 13.8. The number of carbonyl (C=O) groups is 2. The third-order valence-electron chi connectivity index (χ3n) is 2.30. The fourth-order valence-corrected chi connectivity index (χ4v) is 1.68. The second-order valence-electron chi connectivity index (χ2n) is 3.41. The summed E-state index contributed by atoms with van der Waals surface area (Å²) < 4.78 is 5.65. The van der Waals surface area contributed by atoms with Crippen LogP contribution in [0.25, 0.3) is 0 Å². The first-order valence-electron chi connectivity index (χ1n) is 4.86. The van der Waals surface area contributed by atoms with Crippen molar-refractivity contribution in [3.8, 4) is 5.88 Å². The van der Waals surface area contributed by atoms with Crippen molar-refractivity contribution in [3.63, 3.8) is 0 Å². The molecule has 1 N–H and O–H groups in total. The van der Waals surface area contributed by atoms with Crippen LogP contribution in [0.4, 0.5) is 0 Å². The van der Waals surface area contributed by atoms with Crippen molar-refractivity contribution in [2.75, 3.05) is 7.11 Å². The van der Waals surface area contributed by atoms with Gasteiger partial charge < -0.3 is 10.1 Å². The van der Waals surface area contributed by atoms with E-state index >= 15 is 0 Å². The van der Waals surface area contributed by atoms with Crippen molar-refractivity contribution in [2.24, 2.45) is 0 Å². The molecule has 0 atom stereocenters. The molecule has 1 aromatic rings. The van der Waals surface area contributed by atoms with Gasteiger partial charge in [-0.1, -0.05) is 0 Å². The second-order valence-corrected chi connectivity index (χ2v) is 4.33. The lowest BCUT2D eigenvalue weighted by Gasteiger charge is -2.15. The maximum atomic E-state index is 11.9. The average molecular weight is 297 g/mol. The number of nitrogens with zero attached hydrogens (tertiary/aromatic N) is 1. The van der Waals surface area contributed by atoms with Gasteiger partial charge in [-0.3, -0.25) is 9.59 Å². The first kappa shape index (κ1) is 11.8. The number of rotatable bonds is 3. The van der Waals surface area contributed by atoms with E-state index in [0.29, 0.717) is 16.6 Å². The number of hydrogen-bond donors (Lipinski definition) is 1. The number of nitrogens with one attached hydrogen (secondary N) is 1. The molecule has 0 unspecified atom stereocenters. The molecule has 0 fully saturated rings. The molecular weight excluding hydrogens is 288 g/mol. The summed E-state index contributed by atoms with van der Waals surface area (Å²) >= 11 is 3.22. The van der Waals surface area contributed by atoms with E-state index in [4.69, 9.17) is 4.74 Å². The van der Waals surface area contributed by atoms with Crippen LogP contribution in [0.15, 0.2) is 28.5 Å². The monoisotopic (exact) mass is 296 g/mol. The number of pyridine rings is 1. The molecular formula is C11H9BrN2O3. The molecule has 17 heavy (non-hydrogen) atoms. The number of ketones is 1. The van der Waals surface area contributed by atoms with E-state index in [0.717, 1.165) is 0 Å². The van der Waals surface area contributed by atoms with Crippen LogP contribution in [0.5, 0.6) is 5.88 Å². The lowest BCUT2D eigenvalue weighted by Crippen LogP contribution is -2.31. The van der Waals surface area contributed by atoms with E-state index in [1.54, 1.807) is 12.1 Å². The molecule has 1 aromatic heterocycles. The Kier molecular flexibility index (Phi) is 3.23. The van der Waals surface area contributed by atoms with Gasteiger partial charge in [0, 0.05) is 17.1 Å². The van der Waals surface area contributed by atoms with Crippen LogP contribution >= 0.6 is 15.9 Å². The molecule has 1 amide bonds. The Hall–Kier alpha value is -1.69. The van der Waals surface area contributed by atoms with Gasteiger partial charge in [0.2, 0.25) is 5.88 Å². The topological polar surface area (TPSA) is 68.3 Å². The Labute approximate surface area is 106 Å². The van der Waals surface area contributed by atoms with Gasteiger partial charge in [0.15, 0.2) is 5.78 Å². The summed E-state index contributed by atoms with van der Waals surface area (Å²) in [4.78, 5) is 26.9. The first-order valence-corrected chi connectivity index (χ1v) is 5.65. The fraction of sp³-hybridized carbons (Fsp3) is 0.182. The van der Waals surface area contributed by atoms with Crippen LogP contribution in [0.3, 0.4) is 0 Å². The van der Waals surface area contributed by atoms with E-state index in [9.17, 15) is 9.59 Å². The van der Waals surface area contributed by atoms with Crippen LogP contribution in [0.2, 0.25) is 0 Å². The number of aromatic nitrogens is 1. The lowest BCUT2D eigenvalue weighted by molar-refractivity contribution is -0.116. The third-order valence-corrected chi connectivity index (χ3v) is 2.73. The number of Topliss-reactive ketones (excluding diaryl/α,β-unsaturated/α-hetero) is 1. The van der Waals surface area contributed by atoms with E-state index in [1.165, 1.54) is 13.3 Å². The SMILES string of the molecule is COc1ncc(Br)cc1C(=O)NC1=CCC1=O. The zero-order valence-electron chi connectivity index (χ0n) is 8.99. The van der Waals surface area contributed by atoms with Crippen molar-refractivity contribution in [1.82, 2.24) is 10.3 Å². The molecule has 0 spiro atoms. The summed E-state index contributed by atoms with van der Waals surface area (Å²) in [5, 5.41) is 2.52. The Balaban J connectivity index is 2.23. The minimum Gasteiger partial charge on any atom is -0.480 e. The number of ether oxygens (including phenoxy) is 1. The van der Waals surface area contributed by atoms with E-state index in [2.05, 4.69) is 26.2 Å². The number of allylic oxidation sites excluding steroid dienone is 2. The minimum absolute atomic E-state index is 0.0692. The zero-order valence-corrected chi connectivity index (χ0v) is 10.6. The molecule has 0 aromatic carbocycles. The number of amides is 1. The molecule has 0 saturated carbocycles. The molecule has 2 rings (SSSR count). The zero-order chi connectivity index (χ0) is 12.4. The maximum absolute atomic E-state index is 11.9. The first-order chi connectivity index (χ1) is 8.11. The van der Waals surface area contributed by atoms with Crippen molar-refractivity contribution >= 4 is 27.6 Å². The third kappa shape index (κ3) is 2.36. The quantitative estimate of drug-likeness (QED) is 0.916. The summed E-state index contributed by atoms with van der Waals surface area (Å²) in [6, 6.07) is 1.59. The average Bonchev–Trinajstić information content (AvgIpc) is 2.33. The number of carbonyl (C=O) groups excluding carboxylic acids is 2. The molecule has 6 heteroatoms. The standard InChI is InChI=1S/C11H9BrN2O3/c1-17-11-7(4-6(12)5-13-11)10(16)14-8-2-3-9(8)15/h2,4-5H,3H2,1H3,(H,14,16). The van der Waals surface area contributed by atoms with Gasteiger partial charge in [-0.25, -0.2) is 4.98 Å². The Morgan fingerprint density at radius 3 is 2.88 bits per heavy atom. The van der Waals surface area contributed by atoms with E-state index in [1.807, 2.05) is 0 Å². The Morgan fingerprint density at radius 1 is 1.59 bits per heavy atom. The Bertz CT molecular complexity index is 525. The summed E-state index contributed by atoms with van der Waals surface area (Å²) in [5.74, 6) is -0.256. The highest BCUT2D eigenvalue weighted by molar-refractivity contribution is 9.10. The van der Waals surface area contributed by atoms with Crippen LogP contribution < -0.4 is 10.1 Å². The summed E-state index contributed by atoms with van der Waals surface area (Å²) in [7, 11) is 1.43. The van der Waals surface area contributed by atoms with Crippen molar-refractivity contribution in [2.45, 2.75) is 6.42 Å². The fourth-order valence-electron chi connectivity index (χ4n) is 1.35. The van der Waals surface area contributed by atoms with Crippen molar-refractivity contribution in [3.05, 3.63) is 34.1 Å². The van der Waals surface area contributed by atoms with Gasteiger partial charge in [0.1, 0.15) is 5.56 Å². The molecule has 1 aliphatic carbocycles. The van der Waals surface area contributed by atoms with Crippen LogP contribution in [0.1, 0.15) is 16.8 Å². The second kappa shape index (κ2) is 4.67. The molecule has 0 radical (unpaired) electrons. The maximum Gasteiger partial charge on any atom is 0.261 e. The van der Waals surface area contributed by atoms with Crippen molar-refractivity contribution < 1.29 is 14.3 Å². The smallest absolute Gasteiger partial charge is 0.261 e. The summed E-state index contributed by atoms with van der Waals surface area (Å²) in [5.41, 5.74) is 0.611. The highest BCUT2D eigenvalue weighted by Crippen LogP contribution is 2.20. The number of methoxy groups -OCH3 is 1. The predicted octanol–water partition coefficient (Wildman–Crippen LogP) is 1.44. The van der Waals surface area contributed by atoms with E-state index in [-0.39, 0.29) is 17.2 Å². The molecule has 0 saturated heterocycles. The lowest BCUT2D eigenvalue weighted by atomic mass is 10.0. The van der Waals surface area contributed by atoms with Gasteiger partial charge in [-0.05, 0) is 28.1 Å². The summed E-state index contributed by atoms with van der Waals surface area (Å²) in [6.07, 6.45) is 3.57. The van der Waals surface area contributed by atoms with Crippen molar-refractivity contribution in [1.29, 1.82) is 0 Å².